The fourth-order valence-corrected chi connectivity index (χ4v) is 4.93. The molecule has 0 saturated heterocycles. The van der Waals surface area contributed by atoms with Gasteiger partial charge in [0, 0.05) is 5.67 Å². The molecular weight excluding hydrogens is 333 g/mol. The van der Waals surface area contributed by atoms with Crippen LogP contribution in [0.4, 0.5) is 4.39 Å². The number of esters is 1. The predicted molar refractivity (Wildman–Crippen MR) is 103 cm³/mol. The van der Waals surface area contributed by atoms with E-state index in [1.54, 1.807) is 13.8 Å². The molecule has 134 valence electrons. The van der Waals surface area contributed by atoms with Crippen LogP contribution in [0.3, 0.4) is 0 Å². The molecule has 0 radical (unpaired) electrons. The van der Waals surface area contributed by atoms with Crippen molar-refractivity contribution in [2.75, 3.05) is 6.61 Å². The molecule has 0 amide bonds. The summed E-state index contributed by atoms with van der Waals surface area (Å²) in [6, 6.07) is 9.94. The second-order valence-corrected chi connectivity index (χ2v) is 8.73. The van der Waals surface area contributed by atoms with Gasteiger partial charge in [-0.05, 0) is 66.8 Å². The van der Waals surface area contributed by atoms with Crippen LogP contribution in [0.2, 0.25) is 0 Å². The standard InChI is InChI=1S/C20H26FNO2Si/c1-5-24-18(23)11-17(22)25-16-10-15(9-14(4)20(16)21)19-12(2)7-6-8-13(19)3/h6-10,17H,5,11,22,25H2,1-4H3/t17-/m1/s1. The van der Waals surface area contributed by atoms with E-state index in [1.165, 1.54) is 0 Å². The Bertz CT molecular complexity index is 756. The molecule has 0 aliphatic rings. The molecule has 0 bridgehead atoms. The number of nitrogens with two attached hydrogens (primary N) is 1. The van der Waals surface area contributed by atoms with Crippen LogP contribution in [-0.2, 0) is 9.53 Å². The van der Waals surface area contributed by atoms with E-state index in [0.29, 0.717) is 17.4 Å². The number of aryl methyl sites for hydroxylation is 3. The van der Waals surface area contributed by atoms with Crippen molar-refractivity contribution in [2.45, 2.75) is 39.8 Å². The summed E-state index contributed by atoms with van der Waals surface area (Å²) in [5.41, 5.74) is 10.9. The smallest absolute Gasteiger partial charge is 0.307 e. The average molecular weight is 360 g/mol. The van der Waals surface area contributed by atoms with Crippen LogP contribution in [0.1, 0.15) is 30.0 Å². The lowest BCUT2D eigenvalue weighted by Gasteiger charge is -2.16. The maximum absolute atomic E-state index is 14.6. The summed E-state index contributed by atoms with van der Waals surface area (Å²) in [4.78, 5) is 11.6. The molecule has 2 aromatic carbocycles. The molecule has 2 N–H and O–H groups in total. The Balaban J connectivity index is 2.34. The average Bonchev–Trinajstić information content (AvgIpc) is 2.52. The van der Waals surface area contributed by atoms with E-state index in [1.807, 2.05) is 18.2 Å². The lowest BCUT2D eigenvalue weighted by atomic mass is 9.95. The molecule has 2 aromatic rings. The van der Waals surface area contributed by atoms with Gasteiger partial charge in [0.15, 0.2) is 0 Å². The zero-order valence-electron chi connectivity index (χ0n) is 15.4. The summed E-state index contributed by atoms with van der Waals surface area (Å²) in [5, 5.41) is 0.675. The largest absolute Gasteiger partial charge is 0.466 e. The lowest BCUT2D eigenvalue weighted by molar-refractivity contribution is -0.143. The number of carbonyl (C=O) groups is 1. The Morgan fingerprint density at radius 2 is 1.84 bits per heavy atom. The third-order valence-corrected chi connectivity index (χ3v) is 6.08. The van der Waals surface area contributed by atoms with Gasteiger partial charge >= 0.3 is 5.97 Å². The third kappa shape index (κ3) is 4.77. The van der Waals surface area contributed by atoms with Gasteiger partial charge in [-0.15, -0.1) is 0 Å². The highest BCUT2D eigenvalue weighted by molar-refractivity contribution is 6.55. The number of hydrogen-bond donors (Lipinski definition) is 1. The summed E-state index contributed by atoms with van der Waals surface area (Å²) in [5.74, 6) is -0.508. The summed E-state index contributed by atoms with van der Waals surface area (Å²) < 4.78 is 19.5. The van der Waals surface area contributed by atoms with Crippen molar-refractivity contribution in [1.29, 1.82) is 0 Å². The molecule has 0 aliphatic heterocycles. The van der Waals surface area contributed by atoms with Crippen LogP contribution in [0.15, 0.2) is 30.3 Å². The van der Waals surface area contributed by atoms with Crippen molar-refractivity contribution in [3.8, 4) is 11.1 Å². The fraction of sp³-hybridized carbons (Fsp3) is 0.350. The van der Waals surface area contributed by atoms with E-state index >= 15 is 0 Å². The quantitative estimate of drug-likeness (QED) is 0.637. The minimum atomic E-state index is -1.15. The minimum absolute atomic E-state index is 0.145. The van der Waals surface area contributed by atoms with Gasteiger partial charge in [-0.3, -0.25) is 4.79 Å². The third-order valence-electron chi connectivity index (χ3n) is 4.32. The molecule has 0 aliphatic carbocycles. The van der Waals surface area contributed by atoms with Crippen molar-refractivity contribution in [3.63, 3.8) is 0 Å². The Morgan fingerprint density at radius 1 is 1.20 bits per heavy atom. The van der Waals surface area contributed by atoms with Crippen LogP contribution >= 0.6 is 0 Å². The molecule has 25 heavy (non-hydrogen) atoms. The van der Waals surface area contributed by atoms with Gasteiger partial charge in [0.2, 0.25) is 0 Å². The van der Waals surface area contributed by atoms with E-state index in [-0.39, 0.29) is 23.9 Å². The first-order chi connectivity index (χ1) is 11.8. The number of halogens is 1. The molecule has 0 spiro atoms. The first-order valence-electron chi connectivity index (χ1n) is 8.60. The molecule has 0 aromatic heterocycles. The molecular formula is C20H26FNO2Si. The normalized spacial score (nSPS) is 12.6. The van der Waals surface area contributed by atoms with Gasteiger partial charge < -0.3 is 10.5 Å². The van der Waals surface area contributed by atoms with E-state index in [2.05, 4.69) is 26.0 Å². The summed E-state index contributed by atoms with van der Waals surface area (Å²) in [6.45, 7) is 8.00. The SMILES string of the molecule is CCOC(=O)C[C@H](N)[SiH2]c1cc(-c2c(C)cccc2C)cc(C)c1F. The van der Waals surface area contributed by atoms with E-state index in [0.717, 1.165) is 22.3 Å². The van der Waals surface area contributed by atoms with Crippen LogP contribution in [-0.4, -0.2) is 27.8 Å². The van der Waals surface area contributed by atoms with Crippen molar-refractivity contribution in [2.24, 2.45) is 5.73 Å². The number of benzene rings is 2. The monoisotopic (exact) mass is 359 g/mol. The van der Waals surface area contributed by atoms with Crippen molar-refractivity contribution < 1.29 is 13.9 Å². The highest BCUT2D eigenvalue weighted by Gasteiger charge is 2.17. The second kappa shape index (κ2) is 8.40. The predicted octanol–water partition coefficient (Wildman–Crippen LogP) is 2.45. The second-order valence-electron chi connectivity index (χ2n) is 6.51. The maximum Gasteiger partial charge on any atom is 0.307 e. The Labute approximate surface area is 151 Å². The van der Waals surface area contributed by atoms with Gasteiger partial charge in [-0.2, -0.15) is 0 Å². The van der Waals surface area contributed by atoms with Gasteiger partial charge in [-0.1, -0.05) is 24.3 Å². The Morgan fingerprint density at radius 3 is 2.44 bits per heavy atom. The van der Waals surface area contributed by atoms with E-state index in [4.69, 9.17) is 10.5 Å². The zero-order valence-corrected chi connectivity index (χ0v) is 16.8. The topological polar surface area (TPSA) is 52.3 Å². The van der Waals surface area contributed by atoms with Crippen LogP contribution < -0.4 is 10.9 Å². The molecule has 5 heteroatoms. The number of carbonyl (C=O) groups excluding carboxylic acids is 1. The van der Waals surface area contributed by atoms with E-state index in [9.17, 15) is 9.18 Å². The number of hydrogen-bond acceptors (Lipinski definition) is 3. The lowest BCUT2D eigenvalue weighted by Crippen LogP contribution is -2.39. The van der Waals surface area contributed by atoms with Gasteiger partial charge in [0.05, 0.1) is 22.5 Å². The molecule has 0 fully saturated rings. The van der Waals surface area contributed by atoms with Gasteiger partial charge in [-0.25, -0.2) is 4.39 Å². The molecule has 2 rings (SSSR count). The van der Waals surface area contributed by atoms with Crippen LogP contribution in [0.25, 0.3) is 11.1 Å². The van der Waals surface area contributed by atoms with Crippen LogP contribution in [0.5, 0.6) is 0 Å². The molecule has 0 saturated carbocycles. The Hall–Kier alpha value is -1.98. The summed E-state index contributed by atoms with van der Waals surface area (Å²) in [6.07, 6.45) is 0.145. The first-order valence-corrected chi connectivity index (χ1v) is 10.1. The van der Waals surface area contributed by atoms with Crippen molar-refractivity contribution >= 4 is 20.7 Å². The Kier molecular flexibility index (Phi) is 6.50. The number of rotatable bonds is 6. The molecule has 3 nitrogen and oxygen atoms in total. The van der Waals surface area contributed by atoms with Crippen LogP contribution in [0, 0.1) is 26.6 Å². The highest BCUT2D eigenvalue weighted by Crippen LogP contribution is 2.27. The van der Waals surface area contributed by atoms with Gasteiger partial charge in [0.1, 0.15) is 5.82 Å². The molecule has 1 atom stereocenters. The molecule has 0 heterocycles. The highest BCUT2D eigenvalue weighted by atomic mass is 28.2. The van der Waals surface area contributed by atoms with Crippen molar-refractivity contribution in [1.82, 2.24) is 0 Å². The minimum Gasteiger partial charge on any atom is -0.466 e. The van der Waals surface area contributed by atoms with Crippen molar-refractivity contribution in [3.05, 3.63) is 52.8 Å². The fourth-order valence-electron chi connectivity index (χ4n) is 3.19. The first kappa shape index (κ1) is 19.3. The van der Waals surface area contributed by atoms with E-state index < -0.39 is 9.52 Å². The molecule has 0 unspecified atom stereocenters. The zero-order chi connectivity index (χ0) is 18.6. The summed E-state index contributed by atoms with van der Waals surface area (Å²) >= 11 is 0. The maximum atomic E-state index is 14.6. The van der Waals surface area contributed by atoms with Gasteiger partial charge in [0.25, 0.3) is 0 Å². The summed E-state index contributed by atoms with van der Waals surface area (Å²) in [7, 11) is -1.15. The number of ether oxygens (including phenoxy) is 1.